The van der Waals surface area contributed by atoms with Gasteiger partial charge in [-0.15, -0.1) is 0 Å². The van der Waals surface area contributed by atoms with E-state index in [0.717, 1.165) is 28.2 Å². The van der Waals surface area contributed by atoms with Gasteiger partial charge < -0.3 is 4.57 Å². The van der Waals surface area contributed by atoms with Gasteiger partial charge in [-0.1, -0.05) is 23.7 Å². The van der Waals surface area contributed by atoms with Crippen LogP contribution in [-0.4, -0.2) is 20.3 Å². The zero-order valence-electron chi connectivity index (χ0n) is 14.0. The van der Waals surface area contributed by atoms with Gasteiger partial charge in [0.15, 0.2) is 0 Å². The molecule has 2 aromatic heterocycles. The third kappa shape index (κ3) is 2.68. The van der Waals surface area contributed by atoms with Crippen LogP contribution in [0.4, 0.5) is 0 Å². The molecule has 5 heteroatoms. The van der Waals surface area contributed by atoms with E-state index in [9.17, 15) is 4.79 Å². The maximum Gasteiger partial charge on any atom is 0.211 e. The predicted octanol–water partition coefficient (Wildman–Crippen LogP) is 4.10. The first-order chi connectivity index (χ1) is 12.0. The molecule has 4 nitrogen and oxygen atoms in total. The molecule has 2 heterocycles. The molecule has 1 aliphatic rings. The molecule has 0 bridgehead atoms. The van der Waals surface area contributed by atoms with Gasteiger partial charge in [-0.25, -0.2) is 4.98 Å². The summed E-state index contributed by atoms with van der Waals surface area (Å²) in [7, 11) is 1.85. The summed E-state index contributed by atoms with van der Waals surface area (Å²) in [6, 6.07) is 9.55. The second kappa shape index (κ2) is 5.97. The second-order valence-corrected chi connectivity index (χ2v) is 6.59. The van der Waals surface area contributed by atoms with E-state index in [-0.39, 0.29) is 5.78 Å². The minimum atomic E-state index is -0.0664. The van der Waals surface area contributed by atoms with Gasteiger partial charge in [0.05, 0.1) is 11.9 Å². The molecule has 1 aromatic carbocycles. The highest BCUT2D eigenvalue weighted by Crippen LogP contribution is 2.33. The lowest BCUT2D eigenvalue weighted by molar-refractivity contribution is 0.105. The van der Waals surface area contributed by atoms with E-state index < -0.39 is 0 Å². The zero-order valence-corrected chi connectivity index (χ0v) is 14.7. The molecule has 3 aromatic rings. The van der Waals surface area contributed by atoms with E-state index >= 15 is 0 Å². The maximum atomic E-state index is 13.3. The highest BCUT2D eigenvalue weighted by atomic mass is 35.5. The number of aryl methyl sites for hydroxylation is 1. The Bertz CT molecular complexity index is 1030. The summed E-state index contributed by atoms with van der Waals surface area (Å²) in [4.78, 5) is 22.0. The fourth-order valence-corrected chi connectivity index (χ4v) is 3.31. The van der Waals surface area contributed by atoms with Crippen LogP contribution in [0.3, 0.4) is 0 Å². The van der Waals surface area contributed by atoms with Gasteiger partial charge in [0, 0.05) is 30.3 Å². The van der Waals surface area contributed by atoms with Gasteiger partial charge in [-0.05, 0) is 47.9 Å². The van der Waals surface area contributed by atoms with Crippen molar-refractivity contribution in [3.05, 3.63) is 81.7 Å². The molecule has 0 radical (unpaired) electrons. The third-order valence-electron chi connectivity index (χ3n) is 4.64. The summed E-state index contributed by atoms with van der Waals surface area (Å²) in [6.07, 6.45) is 5.98. The van der Waals surface area contributed by atoms with Crippen LogP contribution in [0.25, 0.3) is 11.6 Å². The molecule has 0 N–H and O–H groups in total. The van der Waals surface area contributed by atoms with Crippen molar-refractivity contribution >= 4 is 29.0 Å². The molecule has 1 aliphatic carbocycles. The first kappa shape index (κ1) is 15.8. The van der Waals surface area contributed by atoms with Crippen LogP contribution in [0.1, 0.15) is 38.7 Å². The van der Waals surface area contributed by atoms with Gasteiger partial charge in [0.2, 0.25) is 5.78 Å². The van der Waals surface area contributed by atoms with Crippen molar-refractivity contribution in [2.45, 2.75) is 13.3 Å². The van der Waals surface area contributed by atoms with Gasteiger partial charge in [-0.3, -0.25) is 9.78 Å². The van der Waals surface area contributed by atoms with Crippen LogP contribution >= 0.6 is 11.6 Å². The quantitative estimate of drug-likeness (QED) is 0.654. The lowest BCUT2D eigenvalue weighted by Crippen LogP contribution is -2.09. The molecule has 25 heavy (non-hydrogen) atoms. The number of allylic oxidation sites excluding steroid dienone is 1. The van der Waals surface area contributed by atoms with Crippen LogP contribution in [0.5, 0.6) is 0 Å². The van der Waals surface area contributed by atoms with Crippen LogP contribution < -0.4 is 0 Å². The summed E-state index contributed by atoms with van der Waals surface area (Å²) < 4.78 is 1.81. The van der Waals surface area contributed by atoms with Crippen molar-refractivity contribution in [1.82, 2.24) is 14.5 Å². The topological polar surface area (TPSA) is 47.8 Å². The van der Waals surface area contributed by atoms with Gasteiger partial charge in [0.1, 0.15) is 11.5 Å². The molecule has 0 atom stereocenters. The molecule has 0 spiro atoms. The average molecular weight is 350 g/mol. The van der Waals surface area contributed by atoms with Crippen molar-refractivity contribution in [1.29, 1.82) is 0 Å². The van der Waals surface area contributed by atoms with E-state index in [1.807, 2.05) is 54.9 Å². The predicted molar refractivity (Wildman–Crippen MR) is 98.6 cm³/mol. The molecular formula is C20H16ClN3O. The number of ketones is 1. The summed E-state index contributed by atoms with van der Waals surface area (Å²) in [5, 5.41) is 0.609. The Balaban J connectivity index is 1.95. The van der Waals surface area contributed by atoms with E-state index in [2.05, 4.69) is 9.97 Å². The van der Waals surface area contributed by atoms with E-state index in [1.54, 1.807) is 12.4 Å². The van der Waals surface area contributed by atoms with Crippen molar-refractivity contribution in [3.8, 4) is 0 Å². The Morgan fingerprint density at radius 1 is 1.24 bits per heavy atom. The van der Waals surface area contributed by atoms with Crippen LogP contribution in [0.2, 0.25) is 5.02 Å². The van der Waals surface area contributed by atoms with Crippen LogP contribution in [0.15, 0.2) is 42.7 Å². The Labute approximate surface area is 150 Å². The molecule has 0 aliphatic heterocycles. The van der Waals surface area contributed by atoms with Crippen molar-refractivity contribution in [2.75, 3.05) is 0 Å². The maximum absolute atomic E-state index is 13.3. The van der Waals surface area contributed by atoms with Crippen molar-refractivity contribution < 1.29 is 4.79 Å². The number of hydrogen-bond acceptors (Lipinski definition) is 3. The molecule has 4 rings (SSSR count). The van der Waals surface area contributed by atoms with Crippen molar-refractivity contribution in [2.24, 2.45) is 7.05 Å². The monoisotopic (exact) mass is 349 g/mol. The Morgan fingerprint density at radius 3 is 2.84 bits per heavy atom. The number of imidazole rings is 1. The number of carbonyl (C=O) groups is 1. The number of fused-ring (bicyclic) bond motifs is 2. The van der Waals surface area contributed by atoms with E-state index in [1.165, 1.54) is 0 Å². The first-order valence-electron chi connectivity index (χ1n) is 8.02. The average Bonchev–Trinajstić information content (AvgIpc) is 2.85. The molecule has 0 saturated heterocycles. The highest BCUT2D eigenvalue weighted by Gasteiger charge is 2.24. The number of carbonyl (C=O) groups excluding carboxylic acids is 1. The Morgan fingerprint density at radius 2 is 2.08 bits per heavy atom. The summed E-state index contributed by atoms with van der Waals surface area (Å²) in [6.45, 7) is 1.88. The molecular weight excluding hydrogens is 334 g/mol. The zero-order chi connectivity index (χ0) is 17.6. The van der Waals surface area contributed by atoms with E-state index in [4.69, 9.17) is 11.6 Å². The number of Topliss-reactive ketones (excluding diaryl/α,β-unsaturated/α-hetero) is 1. The minimum absolute atomic E-state index is 0.0664. The Kier molecular flexibility index (Phi) is 3.77. The number of benzene rings is 1. The van der Waals surface area contributed by atoms with Gasteiger partial charge in [0.25, 0.3) is 0 Å². The summed E-state index contributed by atoms with van der Waals surface area (Å²) in [5.74, 6) is 0.731. The number of halogens is 1. The van der Waals surface area contributed by atoms with Gasteiger partial charge in [-0.2, -0.15) is 0 Å². The lowest BCUT2D eigenvalue weighted by atomic mass is 9.95. The number of nitrogens with zero attached hydrogens (tertiary/aromatic N) is 3. The largest absolute Gasteiger partial charge is 0.329 e. The highest BCUT2D eigenvalue weighted by molar-refractivity contribution is 6.34. The molecule has 0 saturated carbocycles. The first-order valence-corrected chi connectivity index (χ1v) is 8.40. The number of aromatic nitrogens is 3. The normalized spacial score (nSPS) is 12.8. The lowest BCUT2D eigenvalue weighted by Gasteiger charge is -2.11. The number of rotatable bonds is 2. The van der Waals surface area contributed by atoms with Gasteiger partial charge >= 0.3 is 0 Å². The summed E-state index contributed by atoms with van der Waals surface area (Å²) >= 11 is 6.22. The second-order valence-electron chi connectivity index (χ2n) is 6.15. The number of pyridine rings is 1. The molecule has 0 amide bonds. The fraction of sp³-hybridized carbons (Fsp3) is 0.150. The number of hydrogen-bond donors (Lipinski definition) is 0. The molecule has 0 fully saturated rings. The van der Waals surface area contributed by atoms with Crippen molar-refractivity contribution in [3.63, 3.8) is 0 Å². The third-order valence-corrected chi connectivity index (χ3v) is 4.88. The van der Waals surface area contributed by atoms with E-state index in [0.29, 0.717) is 22.7 Å². The van der Waals surface area contributed by atoms with Crippen LogP contribution in [-0.2, 0) is 13.5 Å². The molecule has 124 valence electrons. The molecule has 0 unspecified atom stereocenters. The van der Waals surface area contributed by atoms with Crippen LogP contribution in [0, 0.1) is 6.92 Å². The SMILES string of the molecule is Cc1ncc(C(=O)C2=Cc3cccnc3Cc3ccc(Cl)cc32)n1C. The summed E-state index contributed by atoms with van der Waals surface area (Å²) in [5.41, 5.74) is 4.98. The minimum Gasteiger partial charge on any atom is -0.329 e. The smallest absolute Gasteiger partial charge is 0.211 e. The fourth-order valence-electron chi connectivity index (χ4n) is 3.14. The standard InChI is InChI=1S/C20H16ClN3O/c1-12-23-11-19(24(12)2)20(25)17-8-14-4-3-7-22-18(14)9-13-5-6-15(21)10-16(13)17/h3-8,10-11H,9H2,1-2H3. The Hall–Kier alpha value is -2.72.